The number of pyridine rings is 1. The van der Waals surface area contributed by atoms with Crippen molar-refractivity contribution in [3.8, 4) is 23.6 Å². The zero-order chi connectivity index (χ0) is 52.8. The number of carbonyl (C=O) groups is 2. The third kappa shape index (κ3) is 12.1. The Balaban J connectivity index is 0.000000162. The minimum absolute atomic E-state index is 0.0473. The molecule has 0 saturated carbocycles. The summed E-state index contributed by atoms with van der Waals surface area (Å²) >= 11 is 0. The number of para-hydroxylation sites is 2. The van der Waals surface area contributed by atoms with E-state index in [1.807, 2.05) is 94.4 Å². The van der Waals surface area contributed by atoms with Gasteiger partial charge in [0.25, 0.3) is 5.91 Å². The number of fused-ring (bicyclic) bond motifs is 4. The molecule has 0 unspecified atom stereocenters. The molecule has 19 heteroatoms. The smallest absolute Gasteiger partial charge is 0.260 e. The van der Waals surface area contributed by atoms with E-state index in [1.54, 1.807) is 61.6 Å². The van der Waals surface area contributed by atoms with Gasteiger partial charge in [-0.25, -0.2) is 23.1 Å². The molecule has 18 nitrogen and oxygen atoms in total. The Morgan fingerprint density at radius 1 is 0.959 bits per heavy atom. The van der Waals surface area contributed by atoms with Crippen molar-refractivity contribution in [1.82, 2.24) is 24.6 Å². The Bertz CT molecular complexity index is 3410. The van der Waals surface area contributed by atoms with Gasteiger partial charge in [-0.05, 0) is 99.2 Å². The van der Waals surface area contributed by atoms with Crippen LogP contribution in [0.15, 0.2) is 134 Å². The number of hydrogen-bond donors (Lipinski definition) is 6. The number of nitriles is 2. The van der Waals surface area contributed by atoms with Crippen LogP contribution in [-0.2, 0) is 32.2 Å². The second-order valence-corrected chi connectivity index (χ2v) is 20.3. The molecule has 73 heavy (non-hydrogen) atoms. The summed E-state index contributed by atoms with van der Waals surface area (Å²) in [7, 11) is -1.82. The highest BCUT2D eigenvalue weighted by molar-refractivity contribution is 7.92. The predicted octanol–water partition coefficient (Wildman–Crippen LogP) is 8.02. The number of sulfonamides is 1. The lowest BCUT2D eigenvalue weighted by molar-refractivity contribution is -0.113. The molecule has 4 heterocycles. The Kier molecular flexibility index (Phi) is 15.2. The van der Waals surface area contributed by atoms with E-state index in [0.717, 1.165) is 56.1 Å². The fourth-order valence-corrected chi connectivity index (χ4v) is 8.71. The first-order valence-electron chi connectivity index (χ1n) is 22.9. The van der Waals surface area contributed by atoms with Gasteiger partial charge in [0.2, 0.25) is 15.9 Å². The molecule has 2 amide bonds. The molecule has 2 aromatic heterocycles. The first-order valence-corrected chi connectivity index (χ1v) is 24.8. The first kappa shape index (κ1) is 52.1. The van der Waals surface area contributed by atoms with Crippen molar-refractivity contribution in [2.24, 2.45) is 5.73 Å². The van der Waals surface area contributed by atoms with Gasteiger partial charge in [-0.1, -0.05) is 66.7 Å². The number of benzene rings is 5. The summed E-state index contributed by atoms with van der Waals surface area (Å²) in [6, 6.07) is 34.3. The van der Waals surface area contributed by atoms with Gasteiger partial charge in [0.15, 0.2) is 0 Å². The van der Waals surface area contributed by atoms with Crippen LogP contribution in [0.5, 0.6) is 11.5 Å². The fraction of sp³-hybridized carbons (Fsp3) is 0.241. The summed E-state index contributed by atoms with van der Waals surface area (Å²) in [6.07, 6.45) is 7.90. The van der Waals surface area contributed by atoms with Gasteiger partial charge >= 0.3 is 0 Å². The van der Waals surface area contributed by atoms with E-state index in [-0.39, 0.29) is 22.9 Å². The topological polar surface area (TPSA) is 274 Å². The van der Waals surface area contributed by atoms with Crippen molar-refractivity contribution < 1.29 is 33.0 Å². The van der Waals surface area contributed by atoms with Gasteiger partial charge in [0, 0.05) is 29.1 Å². The number of amides is 2. The van der Waals surface area contributed by atoms with Crippen LogP contribution in [0.3, 0.4) is 0 Å². The lowest BCUT2D eigenvalue weighted by Gasteiger charge is -2.24. The average Bonchev–Trinajstić information content (AvgIpc) is 4.03. The van der Waals surface area contributed by atoms with Crippen LogP contribution in [0.2, 0.25) is 0 Å². The van der Waals surface area contributed by atoms with Gasteiger partial charge in [-0.3, -0.25) is 14.3 Å². The van der Waals surface area contributed by atoms with Crippen LogP contribution >= 0.6 is 0 Å². The largest absolute Gasteiger partial charge is 0.505 e. The van der Waals surface area contributed by atoms with E-state index in [4.69, 9.17) is 15.5 Å². The number of anilines is 4. The number of carbonyl (C=O) groups excluding carboxylic acids is 2. The number of methoxy groups -OCH3 is 1. The molecule has 0 aliphatic carbocycles. The summed E-state index contributed by atoms with van der Waals surface area (Å²) < 4.78 is 32.7. The third-order valence-corrected chi connectivity index (χ3v) is 12.8. The summed E-state index contributed by atoms with van der Waals surface area (Å²) in [5.41, 5.74) is 12.4. The number of nitrogens with zero attached hydrogens (tertiary/aromatic N) is 7. The van der Waals surface area contributed by atoms with Crippen LogP contribution in [-0.4, -0.2) is 80.7 Å². The molecule has 0 spiro atoms. The van der Waals surface area contributed by atoms with Gasteiger partial charge in [-0.2, -0.15) is 15.6 Å². The van der Waals surface area contributed by atoms with Crippen LogP contribution in [0.25, 0.3) is 21.8 Å². The van der Waals surface area contributed by atoms with Crippen LogP contribution < -0.4 is 25.8 Å². The third-order valence-electron chi connectivity index (χ3n) is 12.2. The number of aryl methyl sites for hydroxylation is 1. The maximum Gasteiger partial charge on any atom is 0.260 e. The van der Waals surface area contributed by atoms with Gasteiger partial charge in [-0.15, -0.1) is 0 Å². The molecule has 9 rings (SSSR count). The summed E-state index contributed by atoms with van der Waals surface area (Å²) in [5.74, 6) is -0.428. The lowest BCUT2D eigenvalue weighted by atomic mass is 9.79. The molecule has 5 aromatic carbocycles. The number of hydrogen-bond acceptors (Lipinski definition) is 14. The SMILES string of the molecule is CC(C)(C#N)c1cc(Cn2cncn2)cc(C(C)(C)C#N)c1.COc1cc(NS(C)(=O)=O)ccc1Nc1c2ccccc2nc2ccccc12.Cc1ccc2c(c1O)N[C@@H](O)[C@@H]1CC(/C=C/C(N)=O)=CN1C2=O. The monoisotopic (exact) mass is 1000 g/mol. The number of primary amides is 1. The first-order chi connectivity index (χ1) is 34.6. The highest BCUT2D eigenvalue weighted by atomic mass is 32.2. The highest BCUT2D eigenvalue weighted by Crippen LogP contribution is 2.40. The maximum absolute atomic E-state index is 12.7. The second-order valence-electron chi connectivity index (χ2n) is 18.6. The molecular formula is C54H55N11O7S. The summed E-state index contributed by atoms with van der Waals surface area (Å²) in [4.78, 5) is 33.6. The van der Waals surface area contributed by atoms with Crippen LogP contribution in [0, 0.1) is 29.6 Å². The molecule has 0 fully saturated rings. The van der Waals surface area contributed by atoms with Gasteiger partial charge in [0.05, 0.1) is 88.3 Å². The predicted molar refractivity (Wildman–Crippen MR) is 280 cm³/mol. The molecule has 7 aromatic rings. The zero-order valence-electron chi connectivity index (χ0n) is 41.2. The molecule has 374 valence electrons. The Morgan fingerprint density at radius 3 is 2.15 bits per heavy atom. The van der Waals surface area contributed by atoms with E-state index in [9.17, 15) is 38.7 Å². The van der Waals surface area contributed by atoms with Crippen LogP contribution in [0.1, 0.15) is 66.7 Å². The number of phenolic OH excluding ortho intramolecular Hbond substituents is 1. The van der Waals surface area contributed by atoms with E-state index >= 15 is 0 Å². The number of aromatic hydroxyl groups is 1. The number of aromatic nitrogens is 4. The molecule has 0 bridgehead atoms. The number of aliphatic hydroxyl groups excluding tert-OH is 1. The van der Waals surface area contributed by atoms with Crippen molar-refractivity contribution in [2.45, 2.75) is 70.7 Å². The number of allylic oxidation sites excluding steroid dienone is 1. The van der Waals surface area contributed by atoms with Crippen molar-refractivity contribution in [3.63, 3.8) is 0 Å². The number of ether oxygens (including phenoxy) is 1. The fourth-order valence-electron chi connectivity index (χ4n) is 8.16. The van der Waals surface area contributed by atoms with Crippen molar-refractivity contribution in [1.29, 1.82) is 10.5 Å². The Labute approximate surface area is 423 Å². The highest BCUT2D eigenvalue weighted by Gasteiger charge is 2.39. The van der Waals surface area contributed by atoms with E-state index in [0.29, 0.717) is 35.5 Å². The zero-order valence-corrected chi connectivity index (χ0v) is 42.1. The molecule has 2 atom stereocenters. The van der Waals surface area contributed by atoms with Gasteiger partial charge in [0.1, 0.15) is 30.4 Å². The normalized spacial score (nSPS) is 15.2. The molecule has 2 aliphatic rings. The quantitative estimate of drug-likeness (QED) is 0.0407. The molecule has 7 N–H and O–H groups in total. The number of nitrogens with one attached hydrogen (secondary N) is 3. The maximum atomic E-state index is 12.7. The van der Waals surface area contributed by atoms with Crippen molar-refractivity contribution in [3.05, 3.63) is 161 Å². The summed E-state index contributed by atoms with van der Waals surface area (Å²) in [6.45, 7) is 9.79. The summed E-state index contributed by atoms with van der Waals surface area (Å²) in [5, 5.41) is 51.7. The van der Waals surface area contributed by atoms with Crippen molar-refractivity contribution >= 4 is 66.4 Å². The molecule has 0 radical (unpaired) electrons. The molecule has 0 saturated heterocycles. The average molecular weight is 1000 g/mol. The number of nitrogens with two attached hydrogens (primary N) is 1. The second kappa shape index (κ2) is 21.3. The van der Waals surface area contributed by atoms with Crippen LogP contribution in [0.4, 0.5) is 22.7 Å². The molecule has 2 aliphatic heterocycles. The molecular weight excluding hydrogens is 947 g/mol. The standard InChI is InChI=1S/C21H19N3O3S.C17H19N5.C16H17N3O4/c1-27-20-13-14(24-28(2,25)26)11-12-19(20)23-21-15-7-3-5-9-17(15)22-18-10-6-4-8-16(18)21;1-16(2,9-18)14-5-13(8-22-12-20-11-21-22)6-15(7-14)17(3,4)10-19;1-8-2-4-10-13(14(8)21)18-15(22)11-6-9(3-5-12(17)20)7-19(11)16(10)23/h3-13,24H,1-2H3,(H,22,23);5-7,11-12H,8H2,1-4H3;2-5,7,11,15,18,21-22H,6H2,1H3,(H2,17,20)/b;;5-3+/t;;11-,15-/m..0/s1. The number of aliphatic hydroxyl groups is 1. The minimum Gasteiger partial charge on any atom is -0.505 e. The Morgan fingerprint density at radius 2 is 1.59 bits per heavy atom. The van der Waals surface area contributed by atoms with E-state index in [2.05, 4.69) is 37.6 Å². The van der Waals surface area contributed by atoms with Crippen molar-refractivity contribution in [2.75, 3.05) is 28.7 Å². The number of rotatable bonds is 11. The lowest BCUT2D eigenvalue weighted by Crippen LogP contribution is -2.42. The number of phenols is 1. The van der Waals surface area contributed by atoms with E-state index < -0.39 is 39.0 Å². The van der Waals surface area contributed by atoms with Gasteiger partial charge < -0.3 is 36.2 Å². The minimum atomic E-state index is -3.37. The van der Waals surface area contributed by atoms with E-state index in [1.165, 1.54) is 23.4 Å². The Hall–Kier alpha value is -8.78.